The van der Waals surface area contributed by atoms with Gasteiger partial charge in [-0.2, -0.15) is 0 Å². The summed E-state index contributed by atoms with van der Waals surface area (Å²) in [7, 11) is 3.99. The lowest BCUT2D eigenvalue weighted by Gasteiger charge is -2.35. The maximum atomic E-state index is 5.46. The molecule has 2 saturated heterocycles. The van der Waals surface area contributed by atoms with Crippen molar-refractivity contribution in [2.45, 2.75) is 26.7 Å². The molecule has 22 heavy (non-hydrogen) atoms. The highest BCUT2D eigenvalue weighted by Crippen LogP contribution is 2.20. The normalized spacial score (nSPS) is 30.5. The molecule has 0 amide bonds. The second-order valence-electron chi connectivity index (χ2n) is 7.29. The van der Waals surface area contributed by atoms with Crippen molar-refractivity contribution in [2.75, 3.05) is 60.0 Å². The van der Waals surface area contributed by atoms with Gasteiger partial charge in [-0.1, -0.05) is 13.8 Å². The van der Waals surface area contributed by atoms with Gasteiger partial charge in [0.05, 0.1) is 6.61 Å². The molecule has 2 heterocycles. The molecule has 1 N–H and O–H groups in total. The Hall–Kier alpha value is -0.810. The van der Waals surface area contributed by atoms with Crippen LogP contribution in [0.2, 0.25) is 0 Å². The van der Waals surface area contributed by atoms with E-state index >= 15 is 0 Å². The second-order valence-corrected chi connectivity index (χ2v) is 7.29. The molecule has 0 aromatic heterocycles. The van der Waals surface area contributed by atoms with Gasteiger partial charge in [-0.25, -0.2) is 0 Å². The third kappa shape index (κ3) is 5.43. The Morgan fingerprint density at radius 2 is 2.05 bits per heavy atom. The smallest absolute Gasteiger partial charge is 0.193 e. The number of aliphatic imine (C=N–C) groups is 1. The minimum Gasteiger partial charge on any atom is -0.381 e. The topological polar surface area (TPSA) is 40.1 Å². The van der Waals surface area contributed by atoms with Crippen LogP contribution in [-0.4, -0.2) is 75.8 Å². The van der Waals surface area contributed by atoms with E-state index in [2.05, 4.69) is 41.0 Å². The van der Waals surface area contributed by atoms with Crippen LogP contribution in [0.5, 0.6) is 0 Å². The van der Waals surface area contributed by atoms with E-state index in [9.17, 15) is 0 Å². The van der Waals surface area contributed by atoms with E-state index in [0.717, 1.165) is 50.6 Å². The first-order valence-corrected chi connectivity index (χ1v) is 8.80. The molecule has 2 aliphatic heterocycles. The van der Waals surface area contributed by atoms with E-state index in [1.807, 2.05) is 7.05 Å². The van der Waals surface area contributed by atoms with E-state index in [4.69, 9.17) is 4.74 Å². The zero-order valence-corrected chi connectivity index (χ0v) is 14.8. The zero-order valence-electron chi connectivity index (χ0n) is 14.8. The minimum absolute atomic E-state index is 0.646. The van der Waals surface area contributed by atoms with Gasteiger partial charge < -0.3 is 19.9 Å². The summed E-state index contributed by atoms with van der Waals surface area (Å²) < 4.78 is 5.46. The molecule has 0 aromatic rings. The highest BCUT2D eigenvalue weighted by atomic mass is 16.5. The number of hydrogen-bond donors (Lipinski definition) is 1. The van der Waals surface area contributed by atoms with Gasteiger partial charge in [-0.3, -0.25) is 4.99 Å². The Morgan fingerprint density at radius 3 is 2.64 bits per heavy atom. The lowest BCUT2D eigenvalue weighted by Crippen LogP contribution is -2.46. The number of piperidine rings is 1. The predicted octanol–water partition coefficient (Wildman–Crippen LogP) is 1.51. The fraction of sp³-hybridized carbons (Fsp3) is 0.941. The highest BCUT2D eigenvalue weighted by molar-refractivity contribution is 5.79. The molecule has 0 saturated carbocycles. The average molecular weight is 310 g/mol. The SMILES string of the molecule is CN=C(NCCN1CC(C)CC(C)C1)N(C)CC1CCOC1. The van der Waals surface area contributed by atoms with Gasteiger partial charge in [0.25, 0.3) is 0 Å². The van der Waals surface area contributed by atoms with Crippen molar-refractivity contribution in [3.05, 3.63) is 0 Å². The van der Waals surface area contributed by atoms with Crippen LogP contribution in [-0.2, 0) is 4.74 Å². The van der Waals surface area contributed by atoms with Crippen LogP contribution in [0.25, 0.3) is 0 Å². The van der Waals surface area contributed by atoms with E-state index < -0.39 is 0 Å². The fourth-order valence-electron chi connectivity index (χ4n) is 3.89. The van der Waals surface area contributed by atoms with Gasteiger partial charge in [0.1, 0.15) is 0 Å². The molecular weight excluding hydrogens is 276 g/mol. The van der Waals surface area contributed by atoms with E-state index in [-0.39, 0.29) is 0 Å². The Balaban J connectivity index is 1.69. The Labute approximate surface area is 136 Å². The van der Waals surface area contributed by atoms with Crippen molar-refractivity contribution >= 4 is 5.96 Å². The van der Waals surface area contributed by atoms with Crippen molar-refractivity contribution in [1.29, 1.82) is 0 Å². The molecule has 3 unspecified atom stereocenters. The van der Waals surface area contributed by atoms with Crippen LogP contribution >= 0.6 is 0 Å². The van der Waals surface area contributed by atoms with Gasteiger partial charge in [0, 0.05) is 59.3 Å². The molecule has 2 rings (SSSR count). The summed E-state index contributed by atoms with van der Waals surface area (Å²) in [5, 5.41) is 3.51. The molecule has 0 aromatic carbocycles. The lowest BCUT2D eigenvalue weighted by molar-refractivity contribution is 0.143. The summed E-state index contributed by atoms with van der Waals surface area (Å²) in [6.45, 7) is 12.1. The molecule has 2 fully saturated rings. The van der Waals surface area contributed by atoms with Crippen LogP contribution < -0.4 is 5.32 Å². The monoisotopic (exact) mass is 310 g/mol. The first-order valence-electron chi connectivity index (χ1n) is 8.80. The van der Waals surface area contributed by atoms with Crippen molar-refractivity contribution in [3.63, 3.8) is 0 Å². The predicted molar refractivity (Wildman–Crippen MR) is 92.3 cm³/mol. The molecular formula is C17H34N4O. The Kier molecular flexibility index (Phi) is 6.96. The van der Waals surface area contributed by atoms with Crippen molar-refractivity contribution < 1.29 is 4.74 Å². The fourth-order valence-corrected chi connectivity index (χ4v) is 3.89. The maximum Gasteiger partial charge on any atom is 0.193 e. The first kappa shape index (κ1) is 17.5. The van der Waals surface area contributed by atoms with Gasteiger partial charge in [-0.05, 0) is 24.7 Å². The number of rotatable bonds is 5. The Morgan fingerprint density at radius 1 is 1.32 bits per heavy atom. The van der Waals surface area contributed by atoms with Crippen LogP contribution in [0.1, 0.15) is 26.7 Å². The quantitative estimate of drug-likeness (QED) is 0.617. The second kappa shape index (κ2) is 8.73. The first-order chi connectivity index (χ1) is 10.6. The van der Waals surface area contributed by atoms with Crippen LogP contribution in [0.15, 0.2) is 4.99 Å². The lowest BCUT2D eigenvalue weighted by atomic mass is 9.92. The largest absolute Gasteiger partial charge is 0.381 e. The summed E-state index contributed by atoms with van der Waals surface area (Å²) >= 11 is 0. The number of guanidine groups is 1. The van der Waals surface area contributed by atoms with Crippen LogP contribution in [0, 0.1) is 17.8 Å². The standard InChI is InChI=1S/C17H34N4O/c1-14-9-15(2)11-21(10-14)7-6-19-17(18-3)20(4)12-16-5-8-22-13-16/h14-16H,5-13H2,1-4H3,(H,18,19). The van der Waals surface area contributed by atoms with Crippen LogP contribution in [0.3, 0.4) is 0 Å². The molecule has 0 radical (unpaired) electrons. The summed E-state index contributed by atoms with van der Waals surface area (Å²) in [5.74, 6) is 3.30. The van der Waals surface area contributed by atoms with Gasteiger partial charge >= 0.3 is 0 Å². The molecule has 5 nitrogen and oxygen atoms in total. The van der Waals surface area contributed by atoms with Crippen LogP contribution in [0.4, 0.5) is 0 Å². The third-order valence-corrected chi connectivity index (χ3v) is 4.79. The number of nitrogens with zero attached hydrogens (tertiary/aromatic N) is 3. The molecule has 128 valence electrons. The number of hydrogen-bond acceptors (Lipinski definition) is 3. The van der Waals surface area contributed by atoms with Gasteiger partial charge in [0.15, 0.2) is 5.96 Å². The van der Waals surface area contributed by atoms with E-state index in [1.54, 1.807) is 0 Å². The summed E-state index contributed by atoms with van der Waals surface area (Å²) in [6.07, 6.45) is 2.54. The zero-order chi connectivity index (χ0) is 15.9. The minimum atomic E-state index is 0.646. The molecule has 5 heteroatoms. The maximum absolute atomic E-state index is 5.46. The average Bonchev–Trinajstić information content (AvgIpc) is 2.95. The van der Waals surface area contributed by atoms with Crippen molar-refractivity contribution in [1.82, 2.24) is 15.1 Å². The summed E-state index contributed by atoms with van der Waals surface area (Å²) in [5.41, 5.74) is 0. The molecule has 0 aliphatic carbocycles. The number of nitrogens with one attached hydrogen (secondary N) is 1. The Bertz CT molecular complexity index is 345. The molecule has 2 aliphatic rings. The number of ether oxygens (including phenoxy) is 1. The van der Waals surface area contributed by atoms with Gasteiger partial charge in [-0.15, -0.1) is 0 Å². The summed E-state index contributed by atoms with van der Waals surface area (Å²) in [4.78, 5) is 9.24. The molecule has 3 atom stereocenters. The molecule has 0 bridgehead atoms. The molecule has 0 spiro atoms. The van der Waals surface area contributed by atoms with Crippen molar-refractivity contribution in [3.8, 4) is 0 Å². The third-order valence-electron chi connectivity index (χ3n) is 4.79. The van der Waals surface area contributed by atoms with Crippen molar-refractivity contribution in [2.24, 2.45) is 22.7 Å². The van der Waals surface area contributed by atoms with E-state index in [1.165, 1.54) is 25.9 Å². The highest BCUT2D eigenvalue weighted by Gasteiger charge is 2.22. The number of likely N-dealkylation sites (tertiary alicyclic amines) is 1. The van der Waals surface area contributed by atoms with E-state index in [0.29, 0.717) is 5.92 Å². The van der Waals surface area contributed by atoms with Gasteiger partial charge in [0.2, 0.25) is 0 Å². The summed E-state index contributed by atoms with van der Waals surface area (Å²) in [6, 6.07) is 0.